The van der Waals surface area contributed by atoms with Gasteiger partial charge in [0.1, 0.15) is 11.6 Å². The summed E-state index contributed by atoms with van der Waals surface area (Å²) in [6.45, 7) is 11.4. The minimum absolute atomic E-state index is 0.279. The molecule has 160 valence electrons. The lowest BCUT2D eigenvalue weighted by Gasteiger charge is -2.45. The number of hydrogen-bond donors (Lipinski definition) is 0. The molecule has 30 heavy (non-hydrogen) atoms. The summed E-state index contributed by atoms with van der Waals surface area (Å²) in [5, 5.41) is 0. The molecule has 0 radical (unpaired) electrons. The van der Waals surface area contributed by atoms with Crippen LogP contribution in [0.25, 0.3) is 11.3 Å². The van der Waals surface area contributed by atoms with E-state index in [1.165, 1.54) is 5.69 Å². The Bertz CT molecular complexity index is 963. The smallest absolute Gasteiger partial charge is 0.225 e. The Morgan fingerprint density at radius 2 is 1.87 bits per heavy atom. The number of ether oxygens (including phenoxy) is 1. The van der Waals surface area contributed by atoms with Gasteiger partial charge >= 0.3 is 0 Å². The highest BCUT2D eigenvalue weighted by molar-refractivity contribution is 5.81. The molecule has 3 heterocycles. The van der Waals surface area contributed by atoms with Crippen LogP contribution in [0.4, 0.5) is 0 Å². The van der Waals surface area contributed by atoms with Gasteiger partial charge in [0.2, 0.25) is 5.91 Å². The second-order valence-corrected chi connectivity index (χ2v) is 10.0. The molecule has 3 aliphatic rings. The number of benzene rings is 1. The number of carbonyl (C=O) groups excluding carboxylic acids is 1. The Labute approximate surface area is 179 Å². The van der Waals surface area contributed by atoms with Crippen LogP contribution in [0.5, 0.6) is 5.75 Å². The van der Waals surface area contributed by atoms with Crippen LogP contribution in [0.15, 0.2) is 24.3 Å². The first-order valence-corrected chi connectivity index (χ1v) is 11.6. The van der Waals surface area contributed by atoms with Gasteiger partial charge in [-0.25, -0.2) is 4.98 Å². The number of rotatable bonds is 4. The molecule has 2 aliphatic heterocycles. The Kier molecular flexibility index (Phi) is 4.68. The molecule has 1 amide bonds. The SMILES string of the molecule is CC(C)Cn1c(C(C)C)nc2c1C1(CCN(C(=O)C3CC3)CC1)Oc1ccccc1-2. The maximum absolute atomic E-state index is 12.6. The van der Waals surface area contributed by atoms with E-state index in [9.17, 15) is 4.79 Å². The first kappa shape index (κ1) is 19.7. The first-order valence-electron chi connectivity index (χ1n) is 11.6. The number of hydrogen-bond acceptors (Lipinski definition) is 3. The fourth-order valence-corrected chi connectivity index (χ4v) is 5.14. The molecule has 1 saturated carbocycles. The van der Waals surface area contributed by atoms with Gasteiger partial charge in [-0.15, -0.1) is 0 Å². The number of para-hydroxylation sites is 1. The van der Waals surface area contributed by atoms with E-state index in [-0.39, 0.29) is 5.92 Å². The summed E-state index contributed by atoms with van der Waals surface area (Å²) in [5.41, 5.74) is 3.01. The summed E-state index contributed by atoms with van der Waals surface area (Å²) < 4.78 is 9.25. The van der Waals surface area contributed by atoms with E-state index < -0.39 is 5.60 Å². The number of fused-ring (bicyclic) bond motifs is 4. The molecule has 1 aliphatic carbocycles. The maximum atomic E-state index is 12.6. The lowest BCUT2D eigenvalue weighted by atomic mass is 9.83. The van der Waals surface area contributed by atoms with E-state index in [2.05, 4.69) is 55.4 Å². The minimum Gasteiger partial charge on any atom is -0.480 e. The van der Waals surface area contributed by atoms with Gasteiger partial charge < -0.3 is 14.2 Å². The van der Waals surface area contributed by atoms with Gasteiger partial charge in [-0.2, -0.15) is 0 Å². The molecule has 0 unspecified atom stereocenters. The van der Waals surface area contributed by atoms with E-state index in [4.69, 9.17) is 9.72 Å². The van der Waals surface area contributed by atoms with Gasteiger partial charge in [0.05, 0.1) is 11.4 Å². The van der Waals surface area contributed by atoms with Gasteiger partial charge in [0, 0.05) is 49.9 Å². The number of likely N-dealkylation sites (tertiary alicyclic amines) is 1. The third kappa shape index (κ3) is 3.14. The molecular formula is C25H33N3O2. The lowest BCUT2D eigenvalue weighted by Crippen LogP contribution is -2.50. The van der Waals surface area contributed by atoms with Crippen molar-refractivity contribution in [3.63, 3.8) is 0 Å². The highest BCUT2D eigenvalue weighted by Crippen LogP contribution is 2.50. The molecule has 5 heteroatoms. The molecule has 2 aromatic rings. The van der Waals surface area contributed by atoms with Crippen LogP contribution < -0.4 is 4.74 Å². The topological polar surface area (TPSA) is 47.4 Å². The molecule has 2 fully saturated rings. The van der Waals surface area contributed by atoms with E-state index >= 15 is 0 Å². The van der Waals surface area contributed by atoms with Crippen molar-refractivity contribution in [1.82, 2.24) is 14.5 Å². The van der Waals surface area contributed by atoms with Crippen LogP contribution in [0.2, 0.25) is 0 Å². The monoisotopic (exact) mass is 407 g/mol. The second kappa shape index (κ2) is 7.14. The first-order chi connectivity index (χ1) is 14.4. The zero-order valence-corrected chi connectivity index (χ0v) is 18.6. The predicted molar refractivity (Wildman–Crippen MR) is 117 cm³/mol. The second-order valence-electron chi connectivity index (χ2n) is 10.0. The van der Waals surface area contributed by atoms with Crippen molar-refractivity contribution < 1.29 is 9.53 Å². The van der Waals surface area contributed by atoms with Crippen LogP contribution in [0, 0.1) is 11.8 Å². The van der Waals surface area contributed by atoms with Gasteiger partial charge in [0.15, 0.2) is 5.60 Å². The Morgan fingerprint density at radius 3 is 2.50 bits per heavy atom. The van der Waals surface area contributed by atoms with Crippen molar-refractivity contribution in [3.05, 3.63) is 35.8 Å². The van der Waals surface area contributed by atoms with Crippen LogP contribution in [0.3, 0.4) is 0 Å². The number of piperidine rings is 1. The number of nitrogens with zero attached hydrogens (tertiary/aromatic N) is 3. The zero-order valence-electron chi connectivity index (χ0n) is 18.6. The van der Waals surface area contributed by atoms with Gasteiger partial charge in [0.25, 0.3) is 0 Å². The molecule has 1 spiro atoms. The fraction of sp³-hybridized carbons (Fsp3) is 0.600. The van der Waals surface area contributed by atoms with Crippen molar-refractivity contribution in [2.45, 2.75) is 71.4 Å². The third-order valence-corrected chi connectivity index (χ3v) is 6.75. The molecule has 5 nitrogen and oxygen atoms in total. The molecule has 5 rings (SSSR count). The average molecular weight is 408 g/mol. The van der Waals surface area contributed by atoms with Crippen LogP contribution >= 0.6 is 0 Å². The molecule has 1 aromatic carbocycles. The van der Waals surface area contributed by atoms with Crippen molar-refractivity contribution in [3.8, 4) is 17.0 Å². The molecule has 0 bridgehead atoms. The number of amides is 1. The number of aromatic nitrogens is 2. The maximum Gasteiger partial charge on any atom is 0.225 e. The summed E-state index contributed by atoms with van der Waals surface area (Å²) in [6.07, 6.45) is 3.78. The summed E-state index contributed by atoms with van der Waals surface area (Å²) in [5.74, 6) is 3.56. The molecule has 1 saturated heterocycles. The summed E-state index contributed by atoms with van der Waals surface area (Å²) in [6, 6.07) is 8.30. The Balaban J connectivity index is 1.60. The highest BCUT2D eigenvalue weighted by Gasteiger charge is 2.49. The summed E-state index contributed by atoms with van der Waals surface area (Å²) >= 11 is 0. The lowest BCUT2D eigenvalue weighted by molar-refractivity contribution is -0.136. The molecule has 0 N–H and O–H groups in total. The van der Waals surface area contributed by atoms with Crippen LogP contribution in [0.1, 0.15) is 70.8 Å². The minimum atomic E-state index is -0.404. The molecular weight excluding hydrogens is 374 g/mol. The largest absolute Gasteiger partial charge is 0.480 e. The fourth-order valence-electron chi connectivity index (χ4n) is 5.14. The Hall–Kier alpha value is -2.30. The molecule has 0 atom stereocenters. The van der Waals surface area contributed by atoms with Gasteiger partial charge in [-0.05, 0) is 30.9 Å². The van der Waals surface area contributed by atoms with E-state index in [0.29, 0.717) is 17.7 Å². The van der Waals surface area contributed by atoms with Crippen molar-refractivity contribution in [2.75, 3.05) is 13.1 Å². The zero-order chi connectivity index (χ0) is 21.0. The quantitative estimate of drug-likeness (QED) is 0.720. The summed E-state index contributed by atoms with van der Waals surface area (Å²) in [4.78, 5) is 19.9. The van der Waals surface area contributed by atoms with E-state index in [1.807, 2.05) is 6.07 Å². The van der Waals surface area contributed by atoms with Crippen molar-refractivity contribution in [2.24, 2.45) is 11.8 Å². The predicted octanol–water partition coefficient (Wildman–Crippen LogP) is 4.95. The average Bonchev–Trinajstić information content (AvgIpc) is 3.49. The van der Waals surface area contributed by atoms with E-state index in [0.717, 1.165) is 68.1 Å². The number of carbonyl (C=O) groups is 1. The third-order valence-electron chi connectivity index (χ3n) is 6.75. The van der Waals surface area contributed by atoms with E-state index in [1.54, 1.807) is 0 Å². The Morgan fingerprint density at radius 1 is 1.17 bits per heavy atom. The molecule has 1 aromatic heterocycles. The van der Waals surface area contributed by atoms with Crippen molar-refractivity contribution in [1.29, 1.82) is 0 Å². The highest BCUT2D eigenvalue weighted by atomic mass is 16.5. The standard InChI is InChI=1S/C25H33N3O2/c1-16(2)15-28-22-21(26-23(28)17(3)4)19-7-5-6-8-20(19)30-25(22)11-13-27(14-12-25)24(29)18-9-10-18/h5-8,16-18H,9-15H2,1-4H3. The van der Waals surface area contributed by atoms with Crippen LogP contribution in [-0.4, -0.2) is 33.4 Å². The summed E-state index contributed by atoms with van der Waals surface area (Å²) in [7, 11) is 0. The van der Waals surface area contributed by atoms with Crippen molar-refractivity contribution >= 4 is 5.91 Å². The normalized spacial score (nSPS) is 19.7. The van der Waals surface area contributed by atoms with Gasteiger partial charge in [-0.1, -0.05) is 39.8 Å². The van der Waals surface area contributed by atoms with Gasteiger partial charge in [-0.3, -0.25) is 4.79 Å². The van der Waals surface area contributed by atoms with Crippen LogP contribution in [-0.2, 0) is 16.9 Å². The number of imidazole rings is 1.